The maximum absolute atomic E-state index is 10.0. The second kappa shape index (κ2) is 6.85. The summed E-state index contributed by atoms with van der Waals surface area (Å²) >= 11 is 10.4. The van der Waals surface area contributed by atoms with Crippen molar-refractivity contribution in [3.8, 4) is 17.2 Å². The number of ether oxygens (including phenoxy) is 2. The van der Waals surface area contributed by atoms with E-state index < -0.39 is 0 Å². The normalized spacial score (nSPS) is 21.5. The Morgan fingerprint density at radius 1 is 1.41 bits per heavy atom. The van der Waals surface area contributed by atoms with Gasteiger partial charge in [0.1, 0.15) is 0 Å². The second-order valence-corrected chi connectivity index (χ2v) is 6.65. The lowest BCUT2D eigenvalue weighted by molar-refractivity contribution is 0.159. The third-order valence-electron chi connectivity index (χ3n) is 4.01. The first-order valence-corrected chi connectivity index (χ1v) is 7.86. The van der Waals surface area contributed by atoms with Crippen LogP contribution in [0.2, 0.25) is 0 Å². The zero-order valence-electron chi connectivity index (χ0n) is 13.0. The fraction of sp³-hybridized carbons (Fsp3) is 0.533. The highest BCUT2D eigenvalue weighted by Crippen LogP contribution is 2.38. The first-order chi connectivity index (χ1) is 10.4. The fourth-order valence-corrected chi connectivity index (χ4v) is 3.50. The molecule has 0 radical (unpaired) electrons. The molecule has 0 aromatic heterocycles. The molecule has 1 aromatic carbocycles. The quantitative estimate of drug-likeness (QED) is 0.635. The molecule has 0 bridgehead atoms. The van der Waals surface area contributed by atoms with Crippen LogP contribution in [-0.2, 0) is 19.0 Å². The number of hydrogen-bond acceptors (Lipinski definition) is 6. The van der Waals surface area contributed by atoms with Crippen LogP contribution in [0.25, 0.3) is 0 Å². The number of nitrogens with zero attached hydrogens (tertiary/aromatic N) is 1. The maximum Gasteiger partial charge on any atom is 0.200 e. The molecular formula is C15H21N2O3S2-. The van der Waals surface area contributed by atoms with Gasteiger partial charge >= 0.3 is 0 Å². The van der Waals surface area contributed by atoms with Crippen LogP contribution in [0.1, 0.15) is 12.5 Å². The van der Waals surface area contributed by atoms with Crippen molar-refractivity contribution in [3.05, 3.63) is 17.7 Å². The van der Waals surface area contributed by atoms with E-state index in [1.54, 1.807) is 0 Å². The molecule has 1 atom stereocenters. The van der Waals surface area contributed by atoms with Crippen LogP contribution in [-0.4, -0.2) is 53.7 Å². The lowest BCUT2D eigenvalue weighted by Crippen LogP contribution is -2.61. The van der Waals surface area contributed by atoms with Gasteiger partial charge in [0.25, 0.3) is 0 Å². The lowest BCUT2D eigenvalue weighted by Gasteiger charge is -2.49. The maximum atomic E-state index is 10.0. The highest BCUT2D eigenvalue weighted by Gasteiger charge is 2.33. The lowest BCUT2D eigenvalue weighted by atomic mass is 9.89. The highest BCUT2D eigenvalue weighted by molar-refractivity contribution is 8.00. The Hall–Kier alpha value is -1.31. The first kappa shape index (κ1) is 17.1. The number of phenols is 1. The van der Waals surface area contributed by atoms with Gasteiger partial charge in [-0.15, -0.1) is 0 Å². The molecule has 1 aromatic rings. The molecule has 1 fully saturated rings. The number of hydrogen-bond donors (Lipinski definition) is 2. The summed E-state index contributed by atoms with van der Waals surface area (Å²) in [5, 5.41) is 13.4. The average Bonchev–Trinajstić information content (AvgIpc) is 2.48. The molecule has 5 nitrogen and oxygen atoms in total. The van der Waals surface area contributed by atoms with Crippen LogP contribution < -0.4 is 14.8 Å². The van der Waals surface area contributed by atoms with Crippen molar-refractivity contribution in [2.24, 2.45) is 0 Å². The zero-order valence-corrected chi connectivity index (χ0v) is 14.6. The summed E-state index contributed by atoms with van der Waals surface area (Å²) < 4.78 is 10.9. The van der Waals surface area contributed by atoms with Crippen molar-refractivity contribution in [3.63, 3.8) is 0 Å². The van der Waals surface area contributed by atoms with E-state index in [0.29, 0.717) is 22.2 Å². The van der Waals surface area contributed by atoms with Crippen molar-refractivity contribution in [2.75, 3.05) is 33.9 Å². The van der Waals surface area contributed by atoms with E-state index in [4.69, 9.17) is 34.3 Å². The molecule has 2 N–H and O–H groups in total. The van der Waals surface area contributed by atoms with Gasteiger partial charge in [-0.1, -0.05) is 4.32 Å². The zero-order chi connectivity index (χ0) is 16.3. The Morgan fingerprint density at radius 2 is 2.00 bits per heavy atom. The van der Waals surface area contributed by atoms with Gasteiger partial charge in [-0.2, -0.15) is 0 Å². The van der Waals surface area contributed by atoms with Crippen molar-refractivity contribution in [1.82, 2.24) is 10.2 Å². The summed E-state index contributed by atoms with van der Waals surface area (Å²) in [5.41, 5.74) is 0.776. The van der Waals surface area contributed by atoms with E-state index in [-0.39, 0.29) is 11.3 Å². The Labute approximate surface area is 142 Å². The first-order valence-electron chi connectivity index (χ1n) is 7.04. The number of nitrogens with one attached hydrogen (secondary N) is 1. The average molecular weight is 341 g/mol. The number of phenolic OH excluding ortho intramolecular Hbond substituents is 1. The van der Waals surface area contributed by atoms with E-state index in [0.717, 1.165) is 25.2 Å². The van der Waals surface area contributed by atoms with Gasteiger partial charge in [0, 0.05) is 19.6 Å². The van der Waals surface area contributed by atoms with Crippen molar-refractivity contribution < 1.29 is 14.6 Å². The van der Waals surface area contributed by atoms with Crippen LogP contribution in [0.4, 0.5) is 0 Å². The second-order valence-electron chi connectivity index (χ2n) is 5.62. The standard InChI is InChI=1S/C15H22N2O3S2/c1-15(9-16-4-5-17(15)14(21)22)8-10-6-11(19-2)13(18)12(7-10)20-3/h6-7,16,18H,4-5,8-9H2,1-3H3,(H,21,22)/p-1. The van der Waals surface area contributed by atoms with Gasteiger partial charge in [-0.25, -0.2) is 0 Å². The van der Waals surface area contributed by atoms with Gasteiger partial charge in [0.15, 0.2) is 11.5 Å². The Balaban J connectivity index is 2.34. The topological polar surface area (TPSA) is 54.0 Å². The number of thiocarbonyl (C=S) groups is 1. The van der Waals surface area contributed by atoms with Crippen LogP contribution in [0.3, 0.4) is 0 Å². The van der Waals surface area contributed by atoms with Crippen LogP contribution >= 0.6 is 12.2 Å². The third-order valence-corrected chi connectivity index (χ3v) is 4.46. The number of piperazine rings is 1. The number of methoxy groups -OCH3 is 2. The molecule has 0 amide bonds. The van der Waals surface area contributed by atoms with Crippen molar-refractivity contribution >= 4 is 29.2 Å². The Kier molecular flexibility index (Phi) is 5.31. The van der Waals surface area contributed by atoms with Crippen molar-refractivity contribution in [2.45, 2.75) is 18.9 Å². The molecule has 1 unspecified atom stereocenters. The molecule has 1 aliphatic heterocycles. The minimum absolute atomic E-state index is 0.0105. The molecule has 1 aliphatic rings. The summed E-state index contributed by atoms with van der Waals surface area (Å²) in [4.78, 5) is 2.08. The molecule has 22 heavy (non-hydrogen) atoms. The largest absolute Gasteiger partial charge is 0.502 e. The van der Waals surface area contributed by atoms with Gasteiger partial charge < -0.3 is 49.6 Å². The number of aromatic hydroxyl groups is 1. The summed E-state index contributed by atoms with van der Waals surface area (Å²) in [7, 11) is 3.04. The van der Waals surface area contributed by atoms with Gasteiger partial charge in [-0.3, -0.25) is 0 Å². The predicted molar refractivity (Wildman–Crippen MR) is 92.9 cm³/mol. The number of rotatable bonds is 4. The highest BCUT2D eigenvalue weighted by atomic mass is 32.1. The van der Waals surface area contributed by atoms with Gasteiger partial charge in [0.05, 0.1) is 19.8 Å². The van der Waals surface area contributed by atoms with Crippen LogP contribution in [0.5, 0.6) is 17.2 Å². The summed E-state index contributed by atoms with van der Waals surface area (Å²) in [6, 6.07) is 3.64. The molecule has 1 saturated heterocycles. The van der Waals surface area contributed by atoms with E-state index in [1.807, 2.05) is 12.1 Å². The Morgan fingerprint density at radius 3 is 2.50 bits per heavy atom. The van der Waals surface area contributed by atoms with Gasteiger partial charge in [0.2, 0.25) is 5.75 Å². The molecule has 2 rings (SSSR count). The molecule has 122 valence electrons. The molecular weight excluding hydrogens is 320 g/mol. The predicted octanol–water partition coefficient (Wildman–Crippen LogP) is 1.45. The Bertz CT molecular complexity index is 543. The molecule has 1 heterocycles. The molecule has 0 saturated carbocycles. The SMILES string of the molecule is COc1cc(CC2(C)CNCCN2C(=S)[S-])cc(OC)c1O. The number of benzene rings is 1. The minimum atomic E-state index is -0.218. The fourth-order valence-electron chi connectivity index (χ4n) is 2.87. The molecule has 7 heteroatoms. The molecule has 0 aliphatic carbocycles. The van der Waals surface area contributed by atoms with E-state index >= 15 is 0 Å². The van der Waals surface area contributed by atoms with E-state index in [2.05, 4.69) is 17.1 Å². The van der Waals surface area contributed by atoms with E-state index in [1.165, 1.54) is 14.2 Å². The van der Waals surface area contributed by atoms with Crippen molar-refractivity contribution in [1.29, 1.82) is 0 Å². The minimum Gasteiger partial charge on any atom is -0.502 e. The monoisotopic (exact) mass is 341 g/mol. The third kappa shape index (κ3) is 3.37. The van der Waals surface area contributed by atoms with Crippen LogP contribution in [0.15, 0.2) is 12.1 Å². The van der Waals surface area contributed by atoms with Crippen LogP contribution in [0, 0.1) is 0 Å². The van der Waals surface area contributed by atoms with E-state index in [9.17, 15) is 5.11 Å². The smallest absolute Gasteiger partial charge is 0.200 e. The summed E-state index contributed by atoms with van der Waals surface area (Å²) in [5.74, 6) is 0.805. The van der Waals surface area contributed by atoms with Gasteiger partial charge in [-0.05, 0) is 31.0 Å². The molecule has 0 spiro atoms. The summed E-state index contributed by atoms with van der Waals surface area (Å²) in [6.45, 7) is 4.58. The summed E-state index contributed by atoms with van der Waals surface area (Å²) in [6.07, 6.45) is 0.712.